The molecule has 7 rings (SSSR count). The van der Waals surface area contributed by atoms with Crippen LogP contribution in [0.1, 0.15) is 29.0 Å². The van der Waals surface area contributed by atoms with E-state index in [9.17, 15) is 18.0 Å². The molecule has 4 heterocycles. The van der Waals surface area contributed by atoms with Gasteiger partial charge in [-0.2, -0.15) is 0 Å². The van der Waals surface area contributed by atoms with Crippen molar-refractivity contribution in [3.63, 3.8) is 0 Å². The Kier molecular flexibility index (Phi) is 5.06. The van der Waals surface area contributed by atoms with Crippen molar-refractivity contribution in [3.8, 4) is 11.3 Å². The van der Waals surface area contributed by atoms with E-state index in [0.29, 0.717) is 23.1 Å². The van der Waals surface area contributed by atoms with Crippen LogP contribution in [0.2, 0.25) is 0 Å². The van der Waals surface area contributed by atoms with Gasteiger partial charge in [-0.05, 0) is 60.9 Å². The number of anilines is 1. The number of carbonyl (C=O) groups is 1. The fraction of sp³-hybridized carbons (Fsp3) is 0.194. The molecule has 1 aliphatic heterocycles. The highest BCUT2D eigenvalue weighted by Gasteiger charge is 2.67. The SMILES string of the molecule is Cc1ccc(S(=O)(=O)n2c(-c3cccnc3)cc3c(C4CC45C(=O)N(C)c4ccccc45)cn(C)c(=O)c32)cc1. The Morgan fingerprint density at radius 2 is 1.73 bits per heavy atom. The first-order valence-corrected chi connectivity index (χ1v) is 14.5. The lowest BCUT2D eigenvalue weighted by Gasteiger charge is -2.14. The lowest BCUT2D eigenvalue weighted by Crippen LogP contribution is -2.29. The largest absolute Gasteiger partial charge is 0.316 e. The Hall–Kier alpha value is -4.50. The molecule has 2 aliphatic rings. The van der Waals surface area contributed by atoms with E-state index in [2.05, 4.69) is 4.98 Å². The predicted molar refractivity (Wildman–Crippen MR) is 153 cm³/mol. The quantitative estimate of drug-likeness (QED) is 0.332. The van der Waals surface area contributed by atoms with E-state index in [1.807, 2.05) is 31.2 Å². The van der Waals surface area contributed by atoms with Crippen molar-refractivity contribution in [2.24, 2.45) is 7.05 Å². The molecule has 3 aromatic heterocycles. The molecule has 9 heteroatoms. The van der Waals surface area contributed by atoms with Gasteiger partial charge < -0.3 is 9.47 Å². The van der Waals surface area contributed by atoms with Crippen molar-refractivity contribution in [1.29, 1.82) is 0 Å². The summed E-state index contributed by atoms with van der Waals surface area (Å²) in [6, 6.07) is 19.6. The highest BCUT2D eigenvalue weighted by Crippen LogP contribution is 2.66. The van der Waals surface area contributed by atoms with E-state index >= 15 is 0 Å². The van der Waals surface area contributed by atoms with Crippen molar-refractivity contribution in [2.45, 2.75) is 29.6 Å². The van der Waals surface area contributed by atoms with Crippen LogP contribution in [-0.2, 0) is 27.3 Å². The first-order valence-electron chi connectivity index (χ1n) is 13.0. The third kappa shape index (κ3) is 3.18. The topological polar surface area (TPSA) is 94.3 Å². The van der Waals surface area contributed by atoms with Crippen LogP contribution in [0.5, 0.6) is 0 Å². The molecule has 200 valence electrons. The molecule has 0 bridgehead atoms. The summed E-state index contributed by atoms with van der Waals surface area (Å²) < 4.78 is 31.0. The number of aromatic nitrogens is 3. The molecule has 1 spiro atoms. The Morgan fingerprint density at radius 1 is 0.975 bits per heavy atom. The number of para-hydroxylation sites is 1. The Bertz CT molecular complexity index is 2030. The van der Waals surface area contributed by atoms with Crippen LogP contribution in [-0.4, -0.2) is 34.9 Å². The van der Waals surface area contributed by atoms with E-state index in [1.165, 1.54) is 4.57 Å². The van der Waals surface area contributed by atoms with Crippen LogP contribution in [0.25, 0.3) is 22.2 Å². The van der Waals surface area contributed by atoms with Crippen molar-refractivity contribution >= 4 is 32.5 Å². The number of carbonyl (C=O) groups excluding carboxylic acids is 1. The summed E-state index contributed by atoms with van der Waals surface area (Å²) in [4.78, 5) is 33.4. The normalized spacial score (nSPS) is 19.9. The molecule has 0 radical (unpaired) electrons. The maximum atomic E-state index is 14.2. The van der Waals surface area contributed by atoms with Gasteiger partial charge in [0.2, 0.25) is 5.91 Å². The number of likely N-dealkylation sites (N-methyl/N-ethyl adjacent to an activating group) is 1. The van der Waals surface area contributed by atoms with Gasteiger partial charge in [-0.1, -0.05) is 35.9 Å². The smallest absolute Gasteiger partial charge is 0.275 e. The van der Waals surface area contributed by atoms with Gasteiger partial charge in [0.05, 0.1) is 16.0 Å². The molecular formula is C31H26N4O4S. The van der Waals surface area contributed by atoms with Gasteiger partial charge in [-0.3, -0.25) is 14.6 Å². The molecular weight excluding hydrogens is 524 g/mol. The minimum atomic E-state index is -4.17. The van der Waals surface area contributed by atoms with Crippen LogP contribution < -0.4 is 10.5 Å². The summed E-state index contributed by atoms with van der Waals surface area (Å²) in [6.45, 7) is 1.88. The number of aryl methyl sites for hydroxylation is 2. The zero-order chi connectivity index (χ0) is 28.0. The number of benzene rings is 2. The number of nitrogens with zero attached hydrogens (tertiary/aromatic N) is 4. The van der Waals surface area contributed by atoms with Gasteiger partial charge in [0.1, 0.15) is 5.52 Å². The predicted octanol–water partition coefficient (Wildman–Crippen LogP) is 4.35. The monoisotopic (exact) mass is 550 g/mol. The second-order valence-corrected chi connectivity index (χ2v) is 12.5. The van der Waals surface area contributed by atoms with Crippen LogP contribution in [0.4, 0.5) is 5.69 Å². The maximum absolute atomic E-state index is 14.2. The van der Waals surface area contributed by atoms with Crippen molar-refractivity contribution in [1.82, 2.24) is 13.5 Å². The Labute approximate surface area is 231 Å². The highest BCUT2D eigenvalue weighted by atomic mass is 32.2. The first-order chi connectivity index (χ1) is 19.2. The molecule has 0 N–H and O–H groups in total. The molecule has 1 saturated carbocycles. The summed E-state index contributed by atoms with van der Waals surface area (Å²) >= 11 is 0. The van der Waals surface area contributed by atoms with Crippen molar-refractivity contribution in [2.75, 3.05) is 11.9 Å². The third-order valence-corrected chi connectivity index (χ3v) is 10.1. The van der Waals surface area contributed by atoms with Gasteiger partial charge in [0, 0.05) is 55.2 Å². The summed E-state index contributed by atoms with van der Waals surface area (Å²) in [5.41, 5.74) is 3.35. The number of rotatable bonds is 4. The number of hydrogen-bond donors (Lipinski definition) is 0. The number of pyridine rings is 2. The average molecular weight is 551 g/mol. The molecule has 0 saturated heterocycles. The Balaban J connectivity index is 1.52. The molecule has 2 aromatic carbocycles. The Morgan fingerprint density at radius 3 is 2.45 bits per heavy atom. The standard InChI is InChI=1S/C31H26N4O4S/c1-19-10-12-21(13-11-19)40(38,39)35-27(20-7-6-14-32-17-20)15-22-23(18-33(2)29(36)28(22)35)25-16-31(25)24-8-4-5-9-26(24)34(3)30(31)37/h4-15,17-18,25H,16H2,1-3H3. The maximum Gasteiger partial charge on any atom is 0.275 e. The van der Waals surface area contributed by atoms with Gasteiger partial charge in [-0.15, -0.1) is 0 Å². The van der Waals surface area contributed by atoms with Gasteiger partial charge in [0.25, 0.3) is 15.6 Å². The molecule has 2 unspecified atom stereocenters. The highest BCUT2D eigenvalue weighted by molar-refractivity contribution is 7.90. The fourth-order valence-corrected chi connectivity index (χ4v) is 7.84. The van der Waals surface area contributed by atoms with E-state index < -0.39 is 21.0 Å². The van der Waals surface area contributed by atoms with Crippen LogP contribution >= 0.6 is 0 Å². The van der Waals surface area contributed by atoms with Gasteiger partial charge >= 0.3 is 0 Å². The summed E-state index contributed by atoms with van der Waals surface area (Å²) in [5.74, 6) is -0.194. The minimum absolute atomic E-state index is 0.0138. The number of hydrogen-bond acceptors (Lipinski definition) is 5. The lowest BCUT2D eigenvalue weighted by atomic mass is 9.91. The van der Waals surface area contributed by atoms with Gasteiger partial charge in [0.15, 0.2) is 0 Å². The van der Waals surface area contributed by atoms with E-state index in [1.54, 1.807) is 80.1 Å². The molecule has 40 heavy (non-hydrogen) atoms. The minimum Gasteiger partial charge on any atom is -0.316 e. The molecule has 5 aromatic rings. The molecule has 1 fully saturated rings. The average Bonchev–Trinajstić information content (AvgIpc) is 3.51. The lowest BCUT2D eigenvalue weighted by molar-refractivity contribution is -0.120. The second kappa shape index (κ2) is 8.25. The van der Waals surface area contributed by atoms with Crippen molar-refractivity contribution < 1.29 is 13.2 Å². The molecule has 1 amide bonds. The van der Waals surface area contributed by atoms with E-state index in [4.69, 9.17) is 0 Å². The summed E-state index contributed by atoms with van der Waals surface area (Å²) in [5, 5.41) is 0.527. The van der Waals surface area contributed by atoms with Crippen LogP contribution in [0, 0.1) is 6.92 Å². The zero-order valence-corrected chi connectivity index (χ0v) is 23.0. The number of fused-ring (bicyclic) bond motifs is 3. The van der Waals surface area contributed by atoms with E-state index in [-0.39, 0.29) is 22.2 Å². The molecule has 2 atom stereocenters. The van der Waals surface area contributed by atoms with Crippen molar-refractivity contribution in [3.05, 3.63) is 112 Å². The van der Waals surface area contributed by atoms with Crippen LogP contribution in [0.15, 0.2) is 95.0 Å². The summed E-state index contributed by atoms with van der Waals surface area (Å²) in [7, 11) is -0.768. The fourth-order valence-electron chi connectivity index (χ4n) is 6.32. The van der Waals surface area contributed by atoms with E-state index in [0.717, 1.165) is 26.4 Å². The second-order valence-electron chi connectivity index (χ2n) is 10.7. The molecule has 1 aliphatic carbocycles. The number of amides is 1. The van der Waals surface area contributed by atoms with Crippen LogP contribution in [0.3, 0.4) is 0 Å². The molecule has 8 nitrogen and oxygen atoms in total. The first kappa shape index (κ1) is 24.5. The summed E-state index contributed by atoms with van der Waals surface area (Å²) in [6.07, 6.45) is 5.54. The zero-order valence-electron chi connectivity index (χ0n) is 22.2. The van der Waals surface area contributed by atoms with Gasteiger partial charge in [-0.25, -0.2) is 12.4 Å². The third-order valence-electron chi connectivity index (χ3n) is 8.41.